The first-order chi connectivity index (χ1) is 9.89. The second kappa shape index (κ2) is 6.00. The lowest BCUT2D eigenvalue weighted by molar-refractivity contribution is -0.384. The number of nitrogens with zero attached hydrogens (tertiary/aromatic N) is 2. The molecule has 0 N–H and O–H groups in total. The summed E-state index contributed by atoms with van der Waals surface area (Å²) >= 11 is 3.94. The number of non-ortho nitro benzene ring substituents is 1. The third-order valence-electron chi connectivity index (χ3n) is 2.87. The van der Waals surface area contributed by atoms with Crippen LogP contribution in [0.25, 0.3) is 0 Å². The number of nitro groups is 1. The molecule has 1 aromatic rings. The average molecular weight is 332 g/mol. The summed E-state index contributed by atoms with van der Waals surface area (Å²) in [4.78, 5) is 21.9. The van der Waals surface area contributed by atoms with Crippen molar-refractivity contribution in [3.05, 3.63) is 33.9 Å². The molecule has 10 heteroatoms. The lowest BCUT2D eigenvalue weighted by atomic mass is 10.2. The van der Waals surface area contributed by atoms with Crippen molar-refractivity contribution in [2.24, 2.45) is 0 Å². The van der Waals surface area contributed by atoms with Gasteiger partial charge in [0.15, 0.2) is 0 Å². The van der Waals surface area contributed by atoms with Crippen LogP contribution in [0.1, 0.15) is 10.4 Å². The summed E-state index contributed by atoms with van der Waals surface area (Å²) in [7, 11) is -3.96. The summed E-state index contributed by atoms with van der Waals surface area (Å²) in [5, 5.41) is 10.7. The Hall–Kier alpha value is -1.65. The molecule has 21 heavy (non-hydrogen) atoms. The zero-order chi connectivity index (χ0) is 15.6. The van der Waals surface area contributed by atoms with Crippen LogP contribution in [0.5, 0.6) is 0 Å². The highest BCUT2D eigenvalue weighted by Crippen LogP contribution is 2.32. The Morgan fingerprint density at radius 3 is 2.67 bits per heavy atom. The van der Waals surface area contributed by atoms with E-state index in [1.54, 1.807) is 0 Å². The lowest BCUT2D eigenvalue weighted by Gasteiger charge is -2.14. The maximum Gasteiger partial charge on any atom is 0.270 e. The van der Waals surface area contributed by atoms with Gasteiger partial charge in [0.2, 0.25) is 0 Å². The fraction of sp³-hybridized carbons (Fsp3) is 0.364. The maximum atomic E-state index is 12.2. The van der Waals surface area contributed by atoms with Crippen molar-refractivity contribution < 1.29 is 22.9 Å². The van der Waals surface area contributed by atoms with Crippen molar-refractivity contribution in [3.63, 3.8) is 0 Å². The summed E-state index contributed by atoms with van der Waals surface area (Å²) in [6.07, 6.45) is 0. The number of ether oxygens (including phenoxy) is 1. The quantitative estimate of drug-likeness (QED) is 0.355. The third-order valence-corrected chi connectivity index (χ3v) is 4.90. The van der Waals surface area contributed by atoms with E-state index in [2.05, 4.69) is 12.6 Å². The molecule has 0 atom stereocenters. The monoisotopic (exact) mass is 332 g/mol. The highest BCUT2D eigenvalue weighted by atomic mass is 32.2. The van der Waals surface area contributed by atoms with Crippen molar-refractivity contribution >= 4 is 34.2 Å². The van der Waals surface area contributed by atoms with Crippen LogP contribution < -0.4 is 0 Å². The van der Waals surface area contributed by atoms with Crippen LogP contribution in [0.15, 0.2) is 23.1 Å². The fourth-order valence-corrected chi connectivity index (χ4v) is 3.58. The molecular weight excluding hydrogens is 320 g/mol. The summed E-state index contributed by atoms with van der Waals surface area (Å²) in [5.41, 5.74) is -0.510. The highest BCUT2D eigenvalue weighted by molar-refractivity contribution is 7.90. The molecule has 0 saturated heterocycles. The van der Waals surface area contributed by atoms with Gasteiger partial charge in [0.1, 0.15) is 4.90 Å². The SMILES string of the molecule is O=C1c2cc([N+](=O)[O-])ccc2S(=O)(=O)N1CCOCCS. The Bertz CT molecular complexity index is 688. The van der Waals surface area contributed by atoms with E-state index in [0.717, 1.165) is 18.2 Å². The summed E-state index contributed by atoms with van der Waals surface area (Å²) in [6.45, 7) is 0.239. The molecule has 1 amide bonds. The van der Waals surface area contributed by atoms with E-state index in [0.29, 0.717) is 16.7 Å². The number of nitro benzene ring substituents is 1. The molecule has 0 fully saturated rings. The van der Waals surface area contributed by atoms with Crippen LogP contribution >= 0.6 is 12.6 Å². The normalized spacial score (nSPS) is 16.0. The van der Waals surface area contributed by atoms with E-state index in [-0.39, 0.29) is 29.3 Å². The number of fused-ring (bicyclic) bond motifs is 1. The molecule has 1 aromatic carbocycles. The topological polar surface area (TPSA) is 107 Å². The van der Waals surface area contributed by atoms with Gasteiger partial charge in [-0.1, -0.05) is 0 Å². The molecule has 0 bridgehead atoms. The van der Waals surface area contributed by atoms with Crippen LogP contribution in [0.4, 0.5) is 5.69 Å². The molecule has 0 aliphatic carbocycles. The van der Waals surface area contributed by atoms with E-state index < -0.39 is 20.9 Å². The summed E-state index contributed by atoms with van der Waals surface area (Å²) in [5.74, 6) is -0.296. The second-order valence-electron chi connectivity index (χ2n) is 4.16. The number of carbonyl (C=O) groups excluding carboxylic acids is 1. The Morgan fingerprint density at radius 1 is 1.33 bits per heavy atom. The second-order valence-corrected chi connectivity index (χ2v) is 6.43. The van der Waals surface area contributed by atoms with Gasteiger partial charge in [0, 0.05) is 17.9 Å². The highest BCUT2D eigenvalue weighted by Gasteiger charge is 2.41. The van der Waals surface area contributed by atoms with Gasteiger partial charge in [0.25, 0.3) is 21.6 Å². The van der Waals surface area contributed by atoms with Gasteiger partial charge in [-0.3, -0.25) is 14.9 Å². The molecule has 0 aromatic heterocycles. The molecule has 114 valence electrons. The Kier molecular flexibility index (Phi) is 4.49. The molecule has 1 aliphatic heterocycles. The lowest BCUT2D eigenvalue weighted by Crippen LogP contribution is -2.33. The molecular formula is C11H12N2O6S2. The third kappa shape index (κ3) is 2.87. The van der Waals surface area contributed by atoms with Crippen molar-refractivity contribution in [2.75, 3.05) is 25.5 Å². The smallest absolute Gasteiger partial charge is 0.270 e. The minimum Gasteiger partial charge on any atom is -0.379 e. The number of sulfonamides is 1. The molecule has 8 nitrogen and oxygen atoms in total. The fourth-order valence-electron chi connectivity index (χ4n) is 1.92. The first-order valence-corrected chi connectivity index (χ1v) is 8.01. The van der Waals surface area contributed by atoms with Crippen LogP contribution in [-0.2, 0) is 14.8 Å². The van der Waals surface area contributed by atoms with Crippen LogP contribution in [-0.4, -0.2) is 49.1 Å². The number of thiol groups is 1. The number of hydrogen-bond donors (Lipinski definition) is 1. The van der Waals surface area contributed by atoms with E-state index in [4.69, 9.17) is 4.74 Å². The standard InChI is InChI=1S/C11H12N2O6S2/c14-11-9-7-8(13(15)16)1-2-10(9)21(17,18)12(11)3-4-19-5-6-20/h1-2,7,20H,3-6H2. The minimum atomic E-state index is -3.96. The predicted molar refractivity (Wildman–Crippen MR) is 76.0 cm³/mol. The van der Waals surface area contributed by atoms with Gasteiger partial charge in [0.05, 0.1) is 30.2 Å². The number of rotatable bonds is 6. The number of carbonyl (C=O) groups is 1. The van der Waals surface area contributed by atoms with Gasteiger partial charge >= 0.3 is 0 Å². The Morgan fingerprint density at radius 2 is 2.05 bits per heavy atom. The molecule has 0 unspecified atom stereocenters. The van der Waals surface area contributed by atoms with Crippen LogP contribution in [0.3, 0.4) is 0 Å². The van der Waals surface area contributed by atoms with Gasteiger partial charge in [-0.05, 0) is 6.07 Å². The van der Waals surface area contributed by atoms with Crippen molar-refractivity contribution in [1.29, 1.82) is 0 Å². The summed E-state index contributed by atoms with van der Waals surface area (Å²) in [6, 6.07) is 3.11. The van der Waals surface area contributed by atoms with Gasteiger partial charge in [-0.25, -0.2) is 12.7 Å². The Balaban J connectivity index is 2.29. The Labute approximate surface area is 126 Å². The first kappa shape index (κ1) is 15.7. The zero-order valence-corrected chi connectivity index (χ0v) is 12.5. The van der Waals surface area contributed by atoms with Crippen LogP contribution in [0, 0.1) is 10.1 Å². The number of amides is 1. The zero-order valence-electron chi connectivity index (χ0n) is 10.8. The van der Waals surface area contributed by atoms with E-state index >= 15 is 0 Å². The summed E-state index contributed by atoms with van der Waals surface area (Å²) < 4.78 is 30.2. The molecule has 1 aliphatic rings. The minimum absolute atomic E-state index is 0.0433. The van der Waals surface area contributed by atoms with Crippen molar-refractivity contribution in [1.82, 2.24) is 4.31 Å². The largest absolute Gasteiger partial charge is 0.379 e. The molecule has 1 heterocycles. The van der Waals surface area contributed by atoms with E-state index in [1.807, 2.05) is 0 Å². The average Bonchev–Trinajstić information content (AvgIpc) is 2.63. The van der Waals surface area contributed by atoms with E-state index in [1.165, 1.54) is 0 Å². The molecule has 0 spiro atoms. The maximum absolute atomic E-state index is 12.2. The number of benzene rings is 1. The van der Waals surface area contributed by atoms with Crippen molar-refractivity contribution in [3.8, 4) is 0 Å². The van der Waals surface area contributed by atoms with Gasteiger partial charge in [-0.15, -0.1) is 0 Å². The predicted octanol–water partition coefficient (Wildman–Crippen LogP) is 0.686. The first-order valence-electron chi connectivity index (χ1n) is 5.93. The van der Waals surface area contributed by atoms with Gasteiger partial charge in [-0.2, -0.15) is 12.6 Å². The van der Waals surface area contributed by atoms with Crippen molar-refractivity contribution in [2.45, 2.75) is 4.90 Å². The van der Waals surface area contributed by atoms with E-state index in [9.17, 15) is 23.3 Å². The van der Waals surface area contributed by atoms with Gasteiger partial charge < -0.3 is 4.74 Å². The molecule has 2 rings (SSSR count). The number of hydrogen-bond acceptors (Lipinski definition) is 7. The molecule has 0 radical (unpaired) electrons. The van der Waals surface area contributed by atoms with Crippen LogP contribution in [0.2, 0.25) is 0 Å². The molecule has 0 saturated carbocycles.